The van der Waals surface area contributed by atoms with E-state index in [2.05, 4.69) is 10.3 Å². The molecule has 0 aliphatic carbocycles. The van der Waals surface area contributed by atoms with Gasteiger partial charge in [-0.3, -0.25) is 4.99 Å². The van der Waals surface area contributed by atoms with Crippen LogP contribution in [0, 0.1) is 11.2 Å². The first-order valence-electron chi connectivity index (χ1n) is 10.4. The number of nitrogens with zero attached hydrogens (tertiary/aromatic N) is 3. The second kappa shape index (κ2) is 9.00. The number of ether oxygens (including phenoxy) is 1. The highest BCUT2D eigenvalue weighted by molar-refractivity contribution is 7.11. The Morgan fingerprint density at radius 1 is 1.46 bits per heavy atom. The molecule has 2 aromatic rings. The minimum absolute atomic E-state index is 0.0974. The normalized spacial score (nSPS) is 24.0. The standard InChI is InChI=1S/C22H18ClF3N6O2S/c23-14-5-12(24)1-2-13(14)17-16(11(7-27)8-29-20(25)26)15-6-22(10-34-21(33)31-22)9-32(15)18(30-17)19-28-3-4-35-19/h1-5,7-8,17,20,27,29H,6,9-10H2,(H,31,33)/b11-8+,27-7?/t17-,22-/m0/s1. The lowest BCUT2D eigenvalue weighted by Crippen LogP contribution is -2.46. The van der Waals surface area contributed by atoms with Crippen LogP contribution in [-0.2, 0) is 4.74 Å². The molecule has 182 valence electrons. The zero-order valence-electron chi connectivity index (χ0n) is 17.9. The summed E-state index contributed by atoms with van der Waals surface area (Å²) in [5.74, 6) is -0.0457. The number of hydrogen-bond acceptors (Lipinski definition) is 8. The molecule has 2 saturated heterocycles. The average Bonchev–Trinajstić information content (AvgIpc) is 3.54. The molecule has 35 heavy (non-hydrogen) atoms. The number of halogens is 4. The highest BCUT2D eigenvalue weighted by Crippen LogP contribution is 2.47. The molecule has 1 amide bonds. The van der Waals surface area contributed by atoms with Gasteiger partial charge in [0.2, 0.25) is 0 Å². The molecular weight excluding hydrogens is 505 g/mol. The molecule has 2 fully saturated rings. The van der Waals surface area contributed by atoms with Crippen molar-refractivity contribution in [2.45, 2.75) is 24.6 Å². The Labute approximate surface area is 206 Å². The minimum Gasteiger partial charge on any atom is -0.447 e. The van der Waals surface area contributed by atoms with Crippen LogP contribution in [0.15, 0.2) is 57.8 Å². The quantitative estimate of drug-likeness (QED) is 0.389. The van der Waals surface area contributed by atoms with Crippen molar-refractivity contribution in [1.29, 1.82) is 5.41 Å². The van der Waals surface area contributed by atoms with Crippen molar-refractivity contribution >= 4 is 41.1 Å². The van der Waals surface area contributed by atoms with Gasteiger partial charge in [-0.1, -0.05) is 17.7 Å². The van der Waals surface area contributed by atoms with Crippen LogP contribution in [0.4, 0.5) is 18.0 Å². The Balaban J connectivity index is 1.73. The van der Waals surface area contributed by atoms with E-state index in [-0.39, 0.29) is 23.6 Å². The second-order valence-electron chi connectivity index (χ2n) is 8.17. The van der Waals surface area contributed by atoms with Gasteiger partial charge in [-0.2, -0.15) is 8.78 Å². The fourth-order valence-corrected chi connectivity index (χ4v) is 5.44. The van der Waals surface area contributed by atoms with Crippen LogP contribution in [-0.4, -0.2) is 53.3 Å². The third-order valence-corrected chi connectivity index (χ3v) is 7.04. The van der Waals surface area contributed by atoms with E-state index in [1.807, 2.05) is 10.2 Å². The predicted molar refractivity (Wildman–Crippen MR) is 124 cm³/mol. The van der Waals surface area contributed by atoms with E-state index >= 15 is 0 Å². The molecule has 5 rings (SSSR count). The van der Waals surface area contributed by atoms with Gasteiger partial charge in [0.25, 0.3) is 0 Å². The Morgan fingerprint density at radius 3 is 2.91 bits per heavy atom. The third-order valence-electron chi connectivity index (χ3n) is 5.94. The zero-order valence-corrected chi connectivity index (χ0v) is 19.5. The number of benzene rings is 1. The lowest BCUT2D eigenvalue weighted by atomic mass is 9.88. The highest BCUT2D eigenvalue weighted by Gasteiger charge is 2.51. The molecule has 0 saturated carbocycles. The molecule has 8 nitrogen and oxygen atoms in total. The lowest BCUT2D eigenvalue weighted by Gasteiger charge is -2.33. The fourth-order valence-electron chi connectivity index (χ4n) is 4.53. The largest absolute Gasteiger partial charge is 0.447 e. The molecule has 13 heteroatoms. The van der Waals surface area contributed by atoms with Crippen molar-refractivity contribution in [1.82, 2.24) is 20.5 Å². The van der Waals surface area contributed by atoms with Gasteiger partial charge in [-0.25, -0.2) is 14.2 Å². The molecule has 3 N–H and O–H groups in total. The maximum Gasteiger partial charge on any atom is 0.407 e. The number of carbonyl (C=O) groups is 1. The van der Waals surface area contributed by atoms with Crippen LogP contribution in [0.25, 0.3) is 0 Å². The first kappa shape index (κ1) is 23.4. The van der Waals surface area contributed by atoms with Crippen LogP contribution in [0.3, 0.4) is 0 Å². The Kier molecular flexibility index (Phi) is 6.01. The van der Waals surface area contributed by atoms with Crippen molar-refractivity contribution in [2.24, 2.45) is 4.99 Å². The number of cyclic esters (lactones) is 1. The molecule has 0 unspecified atom stereocenters. The van der Waals surface area contributed by atoms with E-state index in [1.165, 1.54) is 23.5 Å². The van der Waals surface area contributed by atoms with Gasteiger partial charge in [0, 0.05) is 52.3 Å². The van der Waals surface area contributed by atoms with Crippen LogP contribution in [0.2, 0.25) is 5.02 Å². The molecule has 4 heterocycles. The average molecular weight is 523 g/mol. The Hall–Kier alpha value is -3.38. The van der Waals surface area contributed by atoms with E-state index in [0.717, 1.165) is 18.5 Å². The SMILES string of the molecule is N=C/C(=C\NC(F)F)C1=C2C[C@@]3(COC(=O)N3)CN2C(c2nccs2)=N[C@H]1c1ccc(F)cc1Cl. The number of rotatable bonds is 6. The Morgan fingerprint density at radius 2 is 2.29 bits per heavy atom. The number of nitrogens with one attached hydrogen (secondary N) is 3. The molecule has 1 aromatic carbocycles. The van der Waals surface area contributed by atoms with E-state index in [1.54, 1.807) is 11.6 Å². The molecule has 3 aliphatic rings. The van der Waals surface area contributed by atoms with Crippen LogP contribution < -0.4 is 10.6 Å². The number of alkyl halides is 2. The second-order valence-corrected chi connectivity index (χ2v) is 9.48. The van der Waals surface area contributed by atoms with Gasteiger partial charge in [0.1, 0.15) is 24.0 Å². The van der Waals surface area contributed by atoms with Gasteiger partial charge in [-0.05, 0) is 17.7 Å². The molecule has 1 spiro atoms. The summed E-state index contributed by atoms with van der Waals surface area (Å²) in [5, 5.41) is 15.2. The molecule has 0 radical (unpaired) electrons. The summed E-state index contributed by atoms with van der Waals surface area (Å²) in [7, 11) is 0. The van der Waals surface area contributed by atoms with Crippen molar-refractivity contribution in [3.63, 3.8) is 0 Å². The van der Waals surface area contributed by atoms with Gasteiger partial charge in [0.15, 0.2) is 10.8 Å². The smallest absolute Gasteiger partial charge is 0.407 e. The molecule has 1 aromatic heterocycles. The summed E-state index contributed by atoms with van der Waals surface area (Å²) in [5.41, 5.74) is 0.870. The summed E-state index contributed by atoms with van der Waals surface area (Å²) >= 11 is 7.77. The first-order valence-corrected chi connectivity index (χ1v) is 11.7. The van der Waals surface area contributed by atoms with Crippen molar-refractivity contribution in [2.75, 3.05) is 13.2 Å². The summed E-state index contributed by atoms with van der Waals surface area (Å²) in [6, 6.07) is 3.01. The maximum absolute atomic E-state index is 13.9. The monoisotopic (exact) mass is 522 g/mol. The van der Waals surface area contributed by atoms with Crippen LogP contribution >= 0.6 is 22.9 Å². The number of amides is 1. The number of carbonyl (C=O) groups excluding carboxylic acids is 1. The van der Waals surface area contributed by atoms with Gasteiger partial charge < -0.3 is 25.7 Å². The van der Waals surface area contributed by atoms with Crippen molar-refractivity contribution in [3.05, 3.63) is 74.2 Å². The topological polar surface area (TPSA) is 103 Å². The predicted octanol–water partition coefficient (Wildman–Crippen LogP) is 4.22. The number of amidine groups is 1. The summed E-state index contributed by atoms with van der Waals surface area (Å²) in [6.45, 7) is -2.45. The number of aliphatic imine (C=N–C) groups is 1. The minimum atomic E-state index is -2.85. The third kappa shape index (κ3) is 4.27. The number of aromatic nitrogens is 1. The zero-order chi connectivity index (χ0) is 24.7. The van der Waals surface area contributed by atoms with E-state index in [9.17, 15) is 18.0 Å². The number of alkyl carbamates (subject to hydrolysis) is 1. The maximum atomic E-state index is 13.9. The van der Waals surface area contributed by atoms with Crippen LogP contribution in [0.1, 0.15) is 23.0 Å². The van der Waals surface area contributed by atoms with E-state index in [0.29, 0.717) is 34.2 Å². The van der Waals surface area contributed by atoms with E-state index in [4.69, 9.17) is 26.7 Å². The molecule has 3 aliphatic heterocycles. The summed E-state index contributed by atoms with van der Waals surface area (Å²) in [6.07, 6.45) is 3.34. The lowest BCUT2D eigenvalue weighted by molar-refractivity contribution is 0.125. The van der Waals surface area contributed by atoms with Crippen molar-refractivity contribution < 1.29 is 22.7 Å². The number of fused-ring (bicyclic) bond motifs is 1. The Bertz CT molecular complexity index is 1280. The molecular formula is C22H18ClF3N6O2S. The summed E-state index contributed by atoms with van der Waals surface area (Å²) < 4.78 is 45.1. The van der Waals surface area contributed by atoms with E-state index < -0.39 is 30.0 Å². The fraction of sp³-hybridized carbons (Fsp3) is 0.273. The first-order chi connectivity index (χ1) is 16.8. The highest BCUT2D eigenvalue weighted by atomic mass is 35.5. The van der Waals surface area contributed by atoms with Gasteiger partial charge >= 0.3 is 12.6 Å². The van der Waals surface area contributed by atoms with Crippen LogP contribution in [0.5, 0.6) is 0 Å². The number of hydrogen-bond donors (Lipinski definition) is 3. The molecule has 0 bridgehead atoms. The summed E-state index contributed by atoms with van der Waals surface area (Å²) in [4.78, 5) is 23.1. The van der Waals surface area contributed by atoms with Gasteiger partial charge in [-0.15, -0.1) is 11.3 Å². The number of thiazole rings is 1. The van der Waals surface area contributed by atoms with Gasteiger partial charge in [0.05, 0.1) is 6.54 Å². The molecule has 2 atom stereocenters. The van der Waals surface area contributed by atoms with Crippen molar-refractivity contribution in [3.8, 4) is 0 Å².